The van der Waals surface area contributed by atoms with Crippen molar-refractivity contribution < 1.29 is 9.59 Å². The van der Waals surface area contributed by atoms with Gasteiger partial charge in [-0.25, -0.2) is 5.10 Å². The number of nitrogens with one attached hydrogen (secondary N) is 2. The number of anilines is 1. The zero-order chi connectivity index (χ0) is 16.8. The molecular weight excluding hydrogens is 296 g/mol. The number of carbonyl (C=O) groups is 2. The molecule has 0 aliphatic carbocycles. The third kappa shape index (κ3) is 4.03. The molecule has 0 aliphatic rings. The van der Waals surface area contributed by atoms with Crippen molar-refractivity contribution in [3.05, 3.63) is 58.0 Å². The highest BCUT2D eigenvalue weighted by Crippen LogP contribution is 2.12. The maximum atomic E-state index is 12.2. The van der Waals surface area contributed by atoms with E-state index in [1.54, 1.807) is 29.2 Å². The van der Waals surface area contributed by atoms with Crippen molar-refractivity contribution in [2.75, 3.05) is 18.4 Å². The minimum absolute atomic E-state index is 0.0461. The summed E-state index contributed by atoms with van der Waals surface area (Å²) < 4.78 is 0. The second-order valence-electron chi connectivity index (χ2n) is 4.82. The molecule has 120 valence electrons. The lowest BCUT2D eigenvalue weighted by Crippen LogP contribution is -2.30. The van der Waals surface area contributed by atoms with Crippen LogP contribution < -0.4 is 10.9 Å². The van der Waals surface area contributed by atoms with E-state index in [0.717, 1.165) is 0 Å². The summed E-state index contributed by atoms with van der Waals surface area (Å²) in [5.41, 5.74) is 0.835. The van der Waals surface area contributed by atoms with Gasteiger partial charge in [-0.1, -0.05) is 0 Å². The lowest BCUT2D eigenvalue weighted by molar-refractivity contribution is 0.0773. The first-order valence-corrected chi connectivity index (χ1v) is 7.31. The highest BCUT2D eigenvalue weighted by Gasteiger charge is 2.13. The molecule has 0 radical (unpaired) electrons. The third-order valence-corrected chi connectivity index (χ3v) is 3.35. The van der Waals surface area contributed by atoms with Crippen LogP contribution in [0.1, 0.15) is 34.7 Å². The van der Waals surface area contributed by atoms with Crippen molar-refractivity contribution in [1.82, 2.24) is 15.1 Å². The number of aromatic amines is 1. The fourth-order valence-corrected chi connectivity index (χ4v) is 2.06. The molecule has 7 nitrogen and oxygen atoms in total. The van der Waals surface area contributed by atoms with Gasteiger partial charge >= 0.3 is 0 Å². The van der Waals surface area contributed by atoms with E-state index < -0.39 is 5.91 Å². The molecule has 0 spiro atoms. The monoisotopic (exact) mass is 314 g/mol. The van der Waals surface area contributed by atoms with Crippen LogP contribution in [-0.2, 0) is 0 Å². The Labute approximate surface area is 133 Å². The van der Waals surface area contributed by atoms with Crippen LogP contribution in [0.15, 0.2) is 41.2 Å². The number of carbonyl (C=O) groups excluding carboxylic acids is 2. The molecule has 1 aromatic heterocycles. The summed E-state index contributed by atoms with van der Waals surface area (Å²) in [6.07, 6.45) is 0. The molecule has 0 unspecified atom stereocenters. The largest absolute Gasteiger partial charge is 0.339 e. The van der Waals surface area contributed by atoms with Crippen LogP contribution >= 0.6 is 0 Å². The molecule has 0 saturated heterocycles. The van der Waals surface area contributed by atoms with E-state index in [1.165, 1.54) is 12.1 Å². The van der Waals surface area contributed by atoms with E-state index in [0.29, 0.717) is 24.3 Å². The molecular formula is C16H18N4O3. The van der Waals surface area contributed by atoms with Crippen LogP contribution in [0.4, 0.5) is 5.69 Å². The summed E-state index contributed by atoms with van der Waals surface area (Å²) in [5, 5.41) is 8.51. The number of nitrogens with zero attached hydrogens (tertiary/aromatic N) is 2. The van der Waals surface area contributed by atoms with Gasteiger partial charge in [0.05, 0.1) is 0 Å². The van der Waals surface area contributed by atoms with Gasteiger partial charge in [-0.2, -0.15) is 5.10 Å². The van der Waals surface area contributed by atoms with Crippen molar-refractivity contribution in [2.24, 2.45) is 0 Å². The maximum absolute atomic E-state index is 12.2. The molecule has 0 bridgehead atoms. The molecule has 0 fully saturated rings. The van der Waals surface area contributed by atoms with Crippen LogP contribution in [0.25, 0.3) is 0 Å². The van der Waals surface area contributed by atoms with E-state index in [-0.39, 0.29) is 17.2 Å². The van der Waals surface area contributed by atoms with Crippen LogP contribution in [0.2, 0.25) is 0 Å². The Morgan fingerprint density at radius 2 is 1.74 bits per heavy atom. The lowest BCUT2D eigenvalue weighted by Gasteiger charge is -2.18. The number of aromatic nitrogens is 2. The van der Waals surface area contributed by atoms with Gasteiger partial charge in [0.2, 0.25) is 0 Å². The normalized spacial score (nSPS) is 10.2. The fraction of sp³-hybridized carbons (Fsp3) is 0.250. The molecule has 2 rings (SSSR count). The predicted molar refractivity (Wildman–Crippen MR) is 86.5 cm³/mol. The van der Waals surface area contributed by atoms with Gasteiger partial charge in [0.15, 0.2) is 0 Å². The molecule has 0 atom stereocenters. The van der Waals surface area contributed by atoms with Crippen LogP contribution in [0.5, 0.6) is 0 Å². The van der Waals surface area contributed by atoms with Gasteiger partial charge < -0.3 is 10.2 Å². The zero-order valence-electron chi connectivity index (χ0n) is 13.0. The molecule has 2 amide bonds. The van der Waals surface area contributed by atoms with Crippen LogP contribution in [-0.4, -0.2) is 40.0 Å². The summed E-state index contributed by atoms with van der Waals surface area (Å²) in [6, 6.07) is 9.20. The predicted octanol–water partition coefficient (Wildman–Crippen LogP) is 1.50. The van der Waals surface area contributed by atoms with Crippen molar-refractivity contribution in [3.63, 3.8) is 0 Å². The van der Waals surface area contributed by atoms with E-state index in [2.05, 4.69) is 15.5 Å². The van der Waals surface area contributed by atoms with Crippen molar-refractivity contribution in [3.8, 4) is 0 Å². The Bertz CT molecular complexity index is 728. The molecule has 1 aromatic carbocycles. The summed E-state index contributed by atoms with van der Waals surface area (Å²) in [5.74, 6) is -0.487. The number of H-pyrrole nitrogens is 1. The number of hydrogen-bond acceptors (Lipinski definition) is 4. The fourth-order valence-electron chi connectivity index (χ4n) is 2.06. The molecule has 1 heterocycles. The first-order valence-electron chi connectivity index (χ1n) is 7.31. The van der Waals surface area contributed by atoms with E-state index in [1.807, 2.05) is 13.8 Å². The topological polar surface area (TPSA) is 95.2 Å². The SMILES string of the molecule is CCN(CC)C(=O)c1ccc(NC(=O)c2ccc(=O)[nH]n2)cc1. The first kappa shape index (κ1) is 16.4. The standard InChI is InChI=1S/C16H18N4O3/c1-3-20(4-2)16(23)11-5-7-12(8-6-11)17-15(22)13-9-10-14(21)19-18-13/h5-10H,3-4H2,1-2H3,(H,17,22)(H,19,21). The van der Waals surface area contributed by atoms with Crippen LogP contribution in [0, 0.1) is 0 Å². The van der Waals surface area contributed by atoms with Crippen molar-refractivity contribution in [1.29, 1.82) is 0 Å². The smallest absolute Gasteiger partial charge is 0.276 e. The Morgan fingerprint density at radius 3 is 2.26 bits per heavy atom. The third-order valence-electron chi connectivity index (χ3n) is 3.35. The maximum Gasteiger partial charge on any atom is 0.276 e. The zero-order valence-corrected chi connectivity index (χ0v) is 13.0. The van der Waals surface area contributed by atoms with Crippen LogP contribution in [0.3, 0.4) is 0 Å². The summed E-state index contributed by atoms with van der Waals surface area (Å²) in [7, 11) is 0. The van der Waals surface area contributed by atoms with Crippen molar-refractivity contribution >= 4 is 17.5 Å². The Hall–Kier alpha value is -2.96. The Balaban J connectivity index is 2.08. The lowest BCUT2D eigenvalue weighted by atomic mass is 10.1. The number of rotatable bonds is 5. The molecule has 0 aliphatic heterocycles. The second-order valence-corrected chi connectivity index (χ2v) is 4.82. The van der Waals surface area contributed by atoms with Gasteiger partial charge in [0.1, 0.15) is 5.69 Å². The molecule has 23 heavy (non-hydrogen) atoms. The van der Waals surface area contributed by atoms with Gasteiger partial charge in [-0.3, -0.25) is 14.4 Å². The number of benzene rings is 1. The minimum atomic E-state index is -0.441. The van der Waals surface area contributed by atoms with E-state index in [9.17, 15) is 14.4 Å². The van der Waals surface area contributed by atoms with Gasteiger partial charge in [0.25, 0.3) is 17.4 Å². The molecule has 7 heteroatoms. The number of hydrogen-bond donors (Lipinski definition) is 2. The molecule has 0 saturated carbocycles. The van der Waals surface area contributed by atoms with Gasteiger partial charge in [0, 0.05) is 30.4 Å². The summed E-state index contributed by atoms with van der Waals surface area (Å²) in [4.78, 5) is 36.8. The first-order chi connectivity index (χ1) is 11.0. The van der Waals surface area contributed by atoms with E-state index in [4.69, 9.17) is 0 Å². The Morgan fingerprint density at radius 1 is 1.09 bits per heavy atom. The second kappa shape index (κ2) is 7.35. The highest BCUT2D eigenvalue weighted by molar-refractivity contribution is 6.03. The highest BCUT2D eigenvalue weighted by atomic mass is 16.2. The molecule has 2 aromatic rings. The average Bonchev–Trinajstić information content (AvgIpc) is 2.57. The Kier molecular flexibility index (Phi) is 5.24. The molecule has 2 N–H and O–H groups in total. The van der Waals surface area contributed by atoms with Crippen molar-refractivity contribution in [2.45, 2.75) is 13.8 Å². The quantitative estimate of drug-likeness (QED) is 0.874. The summed E-state index contributed by atoms with van der Waals surface area (Å²) in [6.45, 7) is 5.14. The average molecular weight is 314 g/mol. The van der Waals surface area contributed by atoms with E-state index >= 15 is 0 Å². The summed E-state index contributed by atoms with van der Waals surface area (Å²) >= 11 is 0. The van der Waals surface area contributed by atoms with Gasteiger partial charge in [-0.05, 0) is 44.2 Å². The minimum Gasteiger partial charge on any atom is -0.339 e. The van der Waals surface area contributed by atoms with Gasteiger partial charge in [-0.15, -0.1) is 0 Å². The number of amides is 2.